The second-order valence-electron chi connectivity index (χ2n) is 5.34. The fraction of sp³-hybridized carbons (Fsp3) is 0.500. The van der Waals surface area contributed by atoms with Crippen LogP contribution >= 0.6 is 0 Å². The van der Waals surface area contributed by atoms with Gasteiger partial charge in [0.25, 0.3) is 0 Å². The number of rotatable bonds is 4. The summed E-state index contributed by atoms with van der Waals surface area (Å²) in [4.78, 5) is 4.56. The van der Waals surface area contributed by atoms with Gasteiger partial charge in [-0.1, -0.05) is 12.1 Å². The van der Waals surface area contributed by atoms with Crippen molar-refractivity contribution in [3.8, 4) is 0 Å². The molecular formula is C14H19N3O2S. The number of aryl methyl sites for hydroxylation is 1. The molecule has 3 rings (SSSR count). The van der Waals surface area contributed by atoms with Gasteiger partial charge in [-0.3, -0.25) is 0 Å². The molecule has 6 heteroatoms. The minimum absolute atomic E-state index is 0.225. The van der Waals surface area contributed by atoms with Gasteiger partial charge in [-0.05, 0) is 25.0 Å². The van der Waals surface area contributed by atoms with E-state index < -0.39 is 9.84 Å². The van der Waals surface area contributed by atoms with E-state index in [9.17, 15) is 8.42 Å². The highest BCUT2D eigenvalue weighted by Gasteiger charge is 2.30. The Morgan fingerprint density at radius 3 is 2.90 bits per heavy atom. The molecule has 1 aromatic heterocycles. The molecule has 2 heterocycles. The fourth-order valence-corrected chi connectivity index (χ4v) is 4.59. The van der Waals surface area contributed by atoms with E-state index >= 15 is 0 Å². The quantitative estimate of drug-likeness (QED) is 0.921. The molecule has 1 aromatic carbocycles. The summed E-state index contributed by atoms with van der Waals surface area (Å²) in [5.74, 6) is 1.27. The number of aromatic nitrogens is 2. The SMILES string of the molecule is Cn1c(CNCC2CCCS2(=O)=O)nc2ccccc21. The van der Waals surface area contributed by atoms with Gasteiger partial charge in [-0.25, -0.2) is 13.4 Å². The Kier molecular flexibility index (Phi) is 3.52. The van der Waals surface area contributed by atoms with Crippen molar-refractivity contribution >= 4 is 20.9 Å². The first-order valence-electron chi connectivity index (χ1n) is 6.90. The predicted molar refractivity (Wildman–Crippen MR) is 79.2 cm³/mol. The molecule has 0 bridgehead atoms. The summed E-state index contributed by atoms with van der Waals surface area (Å²) in [6.07, 6.45) is 1.57. The van der Waals surface area contributed by atoms with Crippen LogP contribution < -0.4 is 5.32 Å². The molecule has 20 heavy (non-hydrogen) atoms. The number of nitrogens with zero attached hydrogens (tertiary/aromatic N) is 2. The second-order valence-corrected chi connectivity index (χ2v) is 7.74. The first-order valence-corrected chi connectivity index (χ1v) is 8.62. The van der Waals surface area contributed by atoms with Crippen molar-refractivity contribution < 1.29 is 8.42 Å². The molecule has 0 amide bonds. The molecule has 5 nitrogen and oxygen atoms in total. The molecule has 108 valence electrons. The van der Waals surface area contributed by atoms with Crippen LogP contribution in [0.1, 0.15) is 18.7 Å². The van der Waals surface area contributed by atoms with Crippen molar-refractivity contribution in [1.29, 1.82) is 0 Å². The van der Waals surface area contributed by atoms with Gasteiger partial charge < -0.3 is 9.88 Å². The molecule has 1 aliphatic rings. The van der Waals surface area contributed by atoms with Crippen LogP contribution in [-0.2, 0) is 23.4 Å². The van der Waals surface area contributed by atoms with E-state index in [-0.39, 0.29) is 5.25 Å². The average Bonchev–Trinajstić information content (AvgIpc) is 2.92. The van der Waals surface area contributed by atoms with Crippen molar-refractivity contribution in [3.05, 3.63) is 30.1 Å². The summed E-state index contributed by atoms with van der Waals surface area (Å²) in [5, 5.41) is 3.01. The first kappa shape index (κ1) is 13.6. The van der Waals surface area contributed by atoms with Gasteiger partial charge in [-0.15, -0.1) is 0 Å². The zero-order valence-electron chi connectivity index (χ0n) is 11.5. The zero-order valence-corrected chi connectivity index (χ0v) is 12.4. The third-order valence-corrected chi connectivity index (χ3v) is 6.27. The van der Waals surface area contributed by atoms with Crippen molar-refractivity contribution in [2.45, 2.75) is 24.6 Å². The topological polar surface area (TPSA) is 64.0 Å². The van der Waals surface area contributed by atoms with E-state index in [1.54, 1.807) is 0 Å². The summed E-state index contributed by atoms with van der Waals surface area (Å²) in [6.45, 7) is 1.11. The summed E-state index contributed by atoms with van der Waals surface area (Å²) < 4.78 is 25.5. The number of fused-ring (bicyclic) bond motifs is 1. The molecule has 1 N–H and O–H groups in total. The van der Waals surface area contributed by atoms with Gasteiger partial charge in [0.05, 0.1) is 28.6 Å². The Morgan fingerprint density at radius 2 is 2.20 bits per heavy atom. The summed E-state index contributed by atoms with van der Waals surface area (Å²) in [5.41, 5.74) is 2.07. The molecule has 1 aliphatic heterocycles. The van der Waals surface area contributed by atoms with E-state index in [1.165, 1.54) is 0 Å². The van der Waals surface area contributed by atoms with E-state index in [4.69, 9.17) is 0 Å². The minimum Gasteiger partial charge on any atom is -0.330 e. The molecule has 1 unspecified atom stereocenters. The fourth-order valence-electron chi connectivity index (χ4n) is 2.79. The molecule has 0 aliphatic carbocycles. The maximum atomic E-state index is 11.8. The van der Waals surface area contributed by atoms with Gasteiger partial charge >= 0.3 is 0 Å². The highest BCUT2D eigenvalue weighted by atomic mass is 32.2. The Bertz CT molecular complexity index is 721. The van der Waals surface area contributed by atoms with E-state index in [0.717, 1.165) is 29.7 Å². The van der Waals surface area contributed by atoms with Crippen molar-refractivity contribution in [1.82, 2.24) is 14.9 Å². The lowest BCUT2D eigenvalue weighted by atomic mass is 10.2. The monoisotopic (exact) mass is 293 g/mol. The molecule has 1 atom stereocenters. The highest BCUT2D eigenvalue weighted by molar-refractivity contribution is 7.92. The van der Waals surface area contributed by atoms with Crippen LogP contribution in [0.15, 0.2) is 24.3 Å². The molecule has 1 saturated heterocycles. The van der Waals surface area contributed by atoms with Crippen LogP contribution in [-0.4, -0.2) is 35.5 Å². The van der Waals surface area contributed by atoms with Crippen LogP contribution in [0.3, 0.4) is 0 Å². The standard InChI is InChI=1S/C14H19N3O2S/c1-17-13-7-3-2-6-12(13)16-14(17)10-15-9-11-5-4-8-20(11,18)19/h2-3,6-7,11,15H,4-5,8-10H2,1H3. The van der Waals surface area contributed by atoms with Gasteiger partial charge in [0.1, 0.15) is 5.82 Å². The Morgan fingerprint density at radius 1 is 1.40 bits per heavy atom. The van der Waals surface area contributed by atoms with Crippen molar-refractivity contribution in [2.24, 2.45) is 7.05 Å². The number of benzene rings is 1. The maximum Gasteiger partial charge on any atom is 0.154 e. The van der Waals surface area contributed by atoms with Crippen LogP contribution in [0.5, 0.6) is 0 Å². The minimum atomic E-state index is -2.87. The second kappa shape index (κ2) is 5.18. The predicted octanol–water partition coefficient (Wildman–Crippen LogP) is 1.24. The largest absolute Gasteiger partial charge is 0.330 e. The molecule has 0 radical (unpaired) electrons. The Labute approximate surface area is 118 Å². The highest BCUT2D eigenvalue weighted by Crippen LogP contribution is 2.19. The van der Waals surface area contributed by atoms with Crippen LogP contribution in [0, 0.1) is 0 Å². The lowest BCUT2D eigenvalue weighted by Gasteiger charge is -2.10. The molecular weight excluding hydrogens is 274 g/mol. The van der Waals surface area contributed by atoms with Crippen molar-refractivity contribution in [2.75, 3.05) is 12.3 Å². The first-order chi connectivity index (χ1) is 9.58. The number of sulfone groups is 1. The molecule has 1 fully saturated rings. The third kappa shape index (κ3) is 2.45. The lowest BCUT2D eigenvalue weighted by Crippen LogP contribution is -2.30. The molecule has 2 aromatic rings. The van der Waals surface area contributed by atoms with E-state index in [0.29, 0.717) is 18.8 Å². The van der Waals surface area contributed by atoms with Gasteiger partial charge in [0.2, 0.25) is 0 Å². The van der Waals surface area contributed by atoms with Gasteiger partial charge in [-0.2, -0.15) is 0 Å². The lowest BCUT2D eigenvalue weighted by molar-refractivity contribution is 0.567. The number of hydrogen-bond donors (Lipinski definition) is 1. The van der Waals surface area contributed by atoms with Crippen LogP contribution in [0.2, 0.25) is 0 Å². The van der Waals surface area contributed by atoms with E-state index in [1.807, 2.05) is 35.9 Å². The van der Waals surface area contributed by atoms with Crippen LogP contribution in [0.4, 0.5) is 0 Å². The number of para-hydroxylation sites is 2. The van der Waals surface area contributed by atoms with E-state index in [2.05, 4.69) is 10.3 Å². The number of imidazole rings is 1. The summed E-state index contributed by atoms with van der Waals surface area (Å²) >= 11 is 0. The van der Waals surface area contributed by atoms with Gasteiger partial charge in [0, 0.05) is 13.6 Å². The maximum absolute atomic E-state index is 11.8. The van der Waals surface area contributed by atoms with Crippen molar-refractivity contribution in [3.63, 3.8) is 0 Å². The zero-order chi connectivity index (χ0) is 14.2. The smallest absolute Gasteiger partial charge is 0.154 e. The Hall–Kier alpha value is -1.40. The number of nitrogens with one attached hydrogen (secondary N) is 1. The third-order valence-electron chi connectivity index (χ3n) is 4.00. The average molecular weight is 293 g/mol. The molecule has 0 saturated carbocycles. The van der Waals surface area contributed by atoms with Gasteiger partial charge in [0.15, 0.2) is 9.84 Å². The normalized spacial score (nSPS) is 21.6. The van der Waals surface area contributed by atoms with Crippen LogP contribution in [0.25, 0.3) is 11.0 Å². The Balaban J connectivity index is 1.67. The number of hydrogen-bond acceptors (Lipinski definition) is 4. The summed E-state index contributed by atoms with van der Waals surface area (Å²) in [6, 6.07) is 7.98. The molecule has 0 spiro atoms. The summed E-state index contributed by atoms with van der Waals surface area (Å²) in [7, 11) is -0.881.